The first-order valence-electron chi connectivity index (χ1n) is 19.5. The molecule has 6 N–H and O–H groups in total. The number of ether oxygens (including phenoxy) is 2. The average Bonchev–Trinajstić information content (AvgIpc) is 3.22. The summed E-state index contributed by atoms with van der Waals surface area (Å²) < 4.78 is 11.8. The molecule has 4 aromatic carbocycles. The molecule has 1 fully saturated rings. The molecule has 0 bridgehead atoms. The van der Waals surface area contributed by atoms with E-state index in [0.717, 1.165) is 86.0 Å². The van der Waals surface area contributed by atoms with Crippen molar-refractivity contribution in [3.05, 3.63) is 131 Å². The molecule has 5 aromatic rings. The van der Waals surface area contributed by atoms with Crippen LogP contribution in [0.4, 0.5) is 15.3 Å². The number of urea groups is 1. The Morgan fingerprint density at radius 1 is 0.804 bits per heavy atom. The normalized spacial score (nSPS) is 13.9. The number of carbonyl (C=O) groups excluding carboxylic acids is 2. The number of rotatable bonds is 18. The number of carbonyl (C=O) groups is 2. The third kappa shape index (κ3) is 11.9. The van der Waals surface area contributed by atoms with E-state index >= 15 is 0 Å². The van der Waals surface area contributed by atoms with E-state index in [-0.39, 0.29) is 17.7 Å². The van der Waals surface area contributed by atoms with Crippen molar-refractivity contribution < 1.29 is 24.2 Å². The third-order valence-corrected chi connectivity index (χ3v) is 9.91. The number of H-pyrrole nitrogens is 1. The number of anilines is 1. The number of amides is 3. The first-order valence-corrected chi connectivity index (χ1v) is 19.5. The number of pyridine rings is 1. The summed E-state index contributed by atoms with van der Waals surface area (Å²) in [4.78, 5) is 42.3. The van der Waals surface area contributed by atoms with Gasteiger partial charge in [-0.05, 0) is 67.1 Å². The quantitative estimate of drug-likeness (QED) is 0.0548. The van der Waals surface area contributed by atoms with E-state index in [9.17, 15) is 19.5 Å². The standard InChI is InChI=1S/C44H52N6O6/c51-39(36-18-20-40(42-37(36)19-21-41(52)49-42)55-31-32-12-4-1-5-13-32)30-45-24-10-3-11-25-46-43(53)47-26-29-50-27-22-34(23-28-50)56-44(54)48-38-17-9-8-16-35(38)33-14-6-2-7-15-33/h1-2,4-9,12-21,34,39,45,51H,3,10-11,22-31H2,(H,48,54)(H,49,52)(H2,46,47,53)/t39-/m0/s1. The number of aliphatic hydroxyl groups excluding tert-OH is 1. The Morgan fingerprint density at radius 3 is 2.32 bits per heavy atom. The van der Waals surface area contributed by atoms with E-state index in [1.54, 1.807) is 12.1 Å². The Hall–Kier alpha value is -5.69. The van der Waals surface area contributed by atoms with Crippen LogP contribution in [0.3, 0.4) is 0 Å². The van der Waals surface area contributed by atoms with E-state index in [4.69, 9.17) is 9.47 Å². The highest BCUT2D eigenvalue weighted by Gasteiger charge is 2.23. The van der Waals surface area contributed by atoms with Crippen LogP contribution in [0.5, 0.6) is 5.75 Å². The van der Waals surface area contributed by atoms with Gasteiger partial charge in [-0.25, -0.2) is 9.59 Å². The van der Waals surface area contributed by atoms with Gasteiger partial charge in [-0.2, -0.15) is 0 Å². The average molecular weight is 761 g/mol. The number of hydrogen-bond donors (Lipinski definition) is 6. The van der Waals surface area contributed by atoms with Crippen LogP contribution in [0, 0.1) is 0 Å². The molecule has 1 atom stereocenters. The molecule has 12 heteroatoms. The number of nitrogens with one attached hydrogen (secondary N) is 5. The number of aromatic amines is 1. The smallest absolute Gasteiger partial charge is 0.411 e. The van der Waals surface area contributed by atoms with Crippen molar-refractivity contribution in [2.75, 3.05) is 51.1 Å². The maximum Gasteiger partial charge on any atom is 0.411 e. The van der Waals surface area contributed by atoms with Gasteiger partial charge < -0.3 is 40.4 Å². The number of likely N-dealkylation sites (tertiary alicyclic amines) is 1. The highest BCUT2D eigenvalue weighted by Crippen LogP contribution is 2.31. The van der Waals surface area contributed by atoms with Crippen molar-refractivity contribution in [3.8, 4) is 16.9 Å². The summed E-state index contributed by atoms with van der Waals surface area (Å²) in [6, 6.07) is 34.1. The Balaban J connectivity index is 0.800. The van der Waals surface area contributed by atoms with Gasteiger partial charge in [-0.1, -0.05) is 91.3 Å². The summed E-state index contributed by atoms with van der Waals surface area (Å²) in [6.07, 6.45) is 2.79. The molecule has 1 saturated heterocycles. The molecule has 0 spiro atoms. The second-order valence-corrected chi connectivity index (χ2v) is 14.0. The van der Waals surface area contributed by atoms with Crippen molar-refractivity contribution in [1.82, 2.24) is 25.8 Å². The Bertz CT molecular complexity index is 2050. The van der Waals surface area contributed by atoms with Crippen molar-refractivity contribution in [1.29, 1.82) is 0 Å². The second kappa shape index (κ2) is 20.8. The van der Waals surface area contributed by atoms with Crippen LogP contribution in [0.2, 0.25) is 0 Å². The van der Waals surface area contributed by atoms with Gasteiger partial charge in [0.2, 0.25) is 5.56 Å². The Kier molecular flexibility index (Phi) is 14.9. The molecule has 12 nitrogen and oxygen atoms in total. The third-order valence-electron chi connectivity index (χ3n) is 9.91. The molecule has 294 valence electrons. The number of aromatic nitrogens is 1. The van der Waals surface area contributed by atoms with Gasteiger partial charge in [0, 0.05) is 56.3 Å². The van der Waals surface area contributed by atoms with Crippen LogP contribution in [0.15, 0.2) is 114 Å². The lowest BCUT2D eigenvalue weighted by molar-refractivity contribution is 0.0594. The molecule has 0 radical (unpaired) electrons. The summed E-state index contributed by atoms with van der Waals surface area (Å²) in [5.41, 5.74) is 4.75. The van der Waals surface area contributed by atoms with Crippen LogP contribution in [-0.4, -0.2) is 79.0 Å². The molecular weight excluding hydrogens is 709 g/mol. The Morgan fingerprint density at radius 2 is 1.52 bits per heavy atom. The highest BCUT2D eigenvalue weighted by atomic mass is 16.6. The minimum absolute atomic E-state index is 0.150. The van der Waals surface area contributed by atoms with Gasteiger partial charge in [0.05, 0.1) is 17.3 Å². The van der Waals surface area contributed by atoms with Crippen molar-refractivity contribution in [2.45, 2.75) is 50.9 Å². The predicted octanol–water partition coefficient (Wildman–Crippen LogP) is 6.58. The zero-order chi connectivity index (χ0) is 39.0. The molecule has 6 rings (SSSR count). The van der Waals surface area contributed by atoms with Gasteiger partial charge in [0.25, 0.3) is 0 Å². The topological polar surface area (TPSA) is 157 Å². The van der Waals surface area contributed by atoms with Crippen LogP contribution in [0.25, 0.3) is 22.0 Å². The molecule has 2 heterocycles. The summed E-state index contributed by atoms with van der Waals surface area (Å²) >= 11 is 0. The van der Waals surface area contributed by atoms with Crippen LogP contribution < -0.4 is 31.6 Å². The van der Waals surface area contributed by atoms with Gasteiger partial charge in [0.15, 0.2) is 0 Å². The summed E-state index contributed by atoms with van der Waals surface area (Å²) in [5.74, 6) is 0.556. The molecule has 3 amide bonds. The molecule has 1 aliphatic rings. The first-order chi connectivity index (χ1) is 27.4. The largest absolute Gasteiger partial charge is 0.487 e. The lowest BCUT2D eigenvalue weighted by atomic mass is 10.0. The molecular formula is C44H52N6O6. The zero-order valence-corrected chi connectivity index (χ0v) is 31.7. The predicted molar refractivity (Wildman–Crippen MR) is 220 cm³/mol. The number of aliphatic hydroxyl groups is 1. The van der Waals surface area contributed by atoms with E-state index < -0.39 is 12.2 Å². The fourth-order valence-electron chi connectivity index (χ4n) is 6.89. The fraction of sp³-hybridized carbons (Fsp3) is 0.341. The van der Waals surface area contributed by atoms with Gasteiger partial charge in [-0.15, -0.1) is 0 Å². The molecule has 0 unspecified atom stereocenters. The summed E-state index contributed by atoms with van der Waals surface area (Å²) in [7, 11) is 0. The van der Waals surface area contributed by atoms with Crippen LogP contribution in [0.1, 0.15) is 49.3 Å². The number of benzene rings is 4. The van der Waals surface area contributed by atoms with E-state index in [0.29, 0.717) is 43.1 Å². The Labute approximate surface area is 327 Å². The number of unbranched alkanes of at least 4 members (excludes halogenated alkanes) is 2. The molecule has 1 aromatic heterocycles. The van der Waals surface area contributed by atoms with Gasteiger partial charge >= 0.3 is 12.1 Å². The maximum atomic E-state index is 12.7. The molecule has 0 saturated carbocycles. The van der Waals surface area contributed by atoms with E-state index in [1.807, 2.05) is 91.0 Å². The number of fused-ring (bicyclic) bond motifs is 1. The van der Waals surface area contributed by atoms with Crippen molar-refractivity contribution in [3.63, 3.8) is 0 Å². The number of nitrogens with zero attached hydrogens (tertiary/aromatic N) is 1. The number of hydrogen-bond acceptors (Lipinski definition) is 8. The lowest BCUT2D eigenvalue weighted by Gasteiger charge is -2.31. The molecule has 1 aliphatic heterocycles. The molecule has 0 aliphatic carbocycles. The first kappa shape index (κ1) is 40.0. The lowest BCUT2D eigenvalue weighted by Crippen LogP contribution is -2.44. The number of piperidine rings is 1. The number of para-hydroxylation sites is 1. The van der Waals surface area contributed by atoms with Gasteiger partial charge in [-0.3, -0.25) is 10.1 Å². The SMILES string of the molecule is O=C(NCCCCCNC[C@H](O)c1ccc(OCc2ccccc2)c2[nH]c(=O)ccc12)NCCN1CCC(OC(=O)Nc2ccccc2-c2ccccc2)CC1. The summed E-state index contributed by atoms with van der Waals surface area (Å²) in [5, 5.41) is 23.8. The maximum absolute atomic E-state index is 12.7. The van der Waals surface area contributed by atoms with Crippen LogP contribution >= 0.6 is 0 Å². The molecule has 56 heavy (non-hydrogen) atoms. The minimum Gasteiger partial charge on any atom is -0.487 e. The van der Waals surface area contributed by atoms with Gasteiger partial charge in [0.1, 0.15) is 18.5 Å². The van der Waals surface area contributed by atoms with Crippen LogP contribution in [-0.2, 0) is 11.3 Å². The van der Waals surface area contributed by atoms with Crippen molar-refractivity contribution in [2.24, 2.45) is 0 Å². The second-order valence-electron chi connectivity index (χ2n) is 14.0. The summed E-state index contributed by atoms with van der Waals surface area (Å²) in [6.45, 7) is 4.89. The van der Waals surface area contributed by atoms with Crippen molar-refractivity contribution >= 4 is 28.7 Å². The van der Waals surface area contributed by atoms with E-state index in [2.05, 4.69) is 31.2 Å². The highest BCUT2D eigenvalue weighted by molar-refractivity contribution is 5.91. The minimum atomic E-state index is -0.766. The fourth-order valence-corrected chi connectivity index (χ4v) is 6.89. The monoisotopic (exact) mass is 760 g/mol. The zero-order valence-electron chi connectivity index (χ0n) is 31.7. The van der Waals surface area contributed by atoms with E-state index in [1.165, 1.54) is 6.07 Å².